The molecule has 0 aromatic heterocycles. The quantitative estimate of drug-likeness (QED) is 0.854. The van der Waals surface area contributed by atoms with Crippen molar-refractivity contribution in [1.29, 1.82) is 0 Å². The smallest absolute Gasteiger partial charge is 0.397 e. The van der Waals surface area contributed by atoms with Crippen molar-refractivity contribution in [1.82, 2.24) is 0 Å². The van der Waals surface area contributed by atoms with E-state index in [0.29, 0.717) is 0 Å². The molecule has 1 aromatic rings. The van der Waals surface area contributed by atoms with Gasteiger partial charge in [-0.25, -0.2) is 4.39 Å². The van der Waals surface area contributed by atoms with E-state index in [4.69, 9.17) is 21.4 Å². The van der Waals surface area contributed by atoms with Crippen LogP contribution in [0, 0.1) is 11.7 Å². The second-order valence-corrected chi connectivity index (χ2v) is 3.72. The first-order valence-corrected chi connectivity index (χ1v) is 4.98. The maximum atomic E-state index is 12.7. The lowest BCUT2D eigenvalue weighted by Gasteiger charge is -2.18. The Bertz CT molecular complexity index is 381. The predicted octanol–water partition coefficient (Wildman–Crippen LogP) is 3.03. The molecule has 0 aliphatic heterocycles. The fourth-order valence-corrected chi connectivity index (χ4v) is 1.18. The molecule has 0 saturated heterocycles. The Morgan fingerprint density at radius 2 is 2.00 bits per heavy atom. The molecule has 2 nitrogen and oxygen atoms in total. The molecule has 1 aromatic carbocycles. The summed E-state index contributed by atoms with van der Waals surface area (Å²) in [6.07, 6.45) is -4.54. The van der Waals surface area contributed by atoms with Crippen molar-refractivity contribution in [2.45, 2.75) is 6.18 Å². The highest BCUT2D eigenvalue weighted by Gasteiger charge is 2.39. The fraction of sp³-hybridized carbons (Fsp3) is 0.400. The first-order valence-electron chi connectivity index (χ1n) is 4.60. The Morgan fingerprint density at radius 1 is 1.35 bits per heavy atom. The first kappa shape index (κ1) is 14.1. The maximum Gasteiger partial charge on any atom is 0.397 e. The Labute approximate surface area is 99.8 Å². The Morgan fingerprint density at radius 3 is 2.47 bits per heavy atom. The number of aliphatic hydroxyl groups is 1. The van der Waals surface area contributed by atoms with Crippen molar-refractivity contribution < 1.29 is 27.4 Å². The van der Waals surface area contributed by atoms with Crippen LogP contribution in [0.15, 0.2) is 18.2 Å². The van der Waals surface area contributed by atoms with Gasteiger partial charge in [0.05, 0.1) is 11.6 Å². The molecule has 7 heteroatoms. The van der Waals surface area contributed by atoms with E-state index in [9.17, 15) is 17.6 Å². The average Bonchev–Trinajstić information content (AvgIpc) is 2.22. The van der Waals surface area contributed by atoms with Gasteiger partial charge in [-0.15, -0.1) is 0 Å². The van der Waals surface area contributed by atoms with E-state index >= 15 is 0 Å². The summed E-state index contributed by atoms with van der Waals surface area (Å²) >= 11 is 5.43. The summed E-state index contributed by atoms with van der Waals surface area (Å²) in [4.78, 5) is 0. The normalized spacial score (nSPS) is 13.5. The van der Waals surface area contributed by atoms with Crippen molar-refractivity contribution in [2.24, 2.45) is 5.92 Å². The third-order valence-electron chi connectivity index (χ3n) is 2.03. The summed E-state index contributed by atoms with van der Waals surface area (Å²) in [5.74, 6) is -2.65. The minimum Gasteiger partial charge on any atom is -0.493 e. The molecule has 0 amide bonds. The highest BCUT2D eigenvalue weighted by molar-refractivity contribution is 6.30. The topological polar surface area (TPSA) is 29.5 Å². The molecule has 0 aliphatic rings. The zero-order valence-corrected chi connectivity index (χ0v) is 9.22. The van der Waals surface area contributed by atoms with Gasteiger partial charge in [0.15, 0.2) is 0 Å². The molecule has 0 saturated carbocycles. The average molecular weight is 273 g/mol. The van der Waals surface area contributed by atoms with Gasteiger partial charge in [0.1, 0.15) is 24.1 Å². The van der Waals surface area contributed by atoms with Gasteiger partial charge in [0.2, 0.25) is 0 Å². The van der Waals surface area contributed by atoms with Crippen LogP contribution in [0.3, 0.4) is 0 Å². The predicted molar refractivity (Wildman–Crippen MR) is 53.5 cm³/mol. The fourth-order valence-electron chi connectivity index (χ4n) is 1.01. The van der Waals surface area contributed by atoms with Crippen LogP contribution in [-0.4, -0.2) is 24.5 Å². The number of benzene rings is 1. The van der Waals surface area contributed by atoms with Crippen LogP contribution in [0.2, 0.25) is 5.02 Å². The van der Waals surface area contributed by atoms with Gasteiger partial charge in [-0.1, -0.05) is 11.6 Å². The van der Waals surface area contributed by atoms with E-state index in [2.05, 4.69) is 0 Å². The summed E-state index contributed by atoms with van der Waals surface area (Å²) in [5.41, 5.74) is 0. The summed E-state index contributed by atoms with van der Waals surface area (Å²) < 4.78 is 54.3. The summed E-state index contributed by atoms with van der Waals surface area (Å²) in [5, 5.41) is 8.31. The number of ether oxygens (including phenoxy) is 1. The monoisotopic (exact) mass is 272 g/mol. The Hall–Kier alpha value is -1.01. The summed E-state index contributed by atoms with van der Waals surface area (Å²) in [6, 6.07) is 3.22. The highest BCUT2D eigenvalue weighted by atomic mass is 35.5. The van der Waals surface area contributed by atoms with Crippen LogP contribution >= 0.6 is 11.6 Å². The van der Waals surface area contributed by atoms with Crippen LogP contribution < -0.4 is 4.74 Å². The second kappa shape index (κ2) is 5.55. The first-order chi connectivity index (χ1) is 7.84. The molecule has 96 valence electrons. The molecule has 1 rings (SSSR count). The minimum atomic E-state index is -4.54. The molecule has 1 unspecified atom stereocenters. The molecular weight excluding hydrogens is 264 g/mol. The zero-order valence-electron chi connectivity index (χ0n) is 8.47. The van der Waals surface area contributed by atoms with E-state index in [-0.39, 0.29) is 10.8 Å². The molecule has 0 bridgehead atoms. The van der Waals surface area contributed by atoms with E-state index in [0.717, 1.165) is 18.2 Å². The van der Waals surface area contributed by atoms with E-state index in [1.807, 2.05) is 0 Å². The van der Waals surface area contributed by atoms with E-state index < -0.39 is 31.1 Å². The summed E-state index contributed by atoms with van der Waals surface area (Å²) in [6.45, 7) is -1.82. The molecular formula is C10H9ClF4O2. The SMILES string of the molecule is OCC(COc1ccc(F)c(Cl)c1)C(F)(F)F. The van der Waals surface area contributed by atoms with Crippen LogP contribution in [0.1, 0.15) is 0 Å². The Balaban J connectivity index is 2.63. The van der Waals surface area contributed by atoms with Crippen LogP contribution in [0.4, 0.5) is 17.6 Å². The highest BCUT2D eigenvalue weighted by Crippen LogP contribution is 2.27. The van der Waals surface area contributed by atoms with Gasteiger partial charge in [-0.05, 0) is 12.1 Å². The lowest BCUT2D eigenvalue weighted by molar-refractivity contribution is -0.190. The standard InChI is InChI=1S/C10H9ClF4O2/c11-8-3-7(1-2-9(8)12)17-5-6(4-16)10(13,14)15/h1-3,6,16H,4-5H2. The van der Waals surface area contributed by atoms with Crippen LogP contribution in [0.5, 0.6) is 5.75 Å². The Kier molecular flexibility index (Phi) is 4.59. The van der Waals surface area contributed by atoms with Crippen LogP contribution in [-0.2, 0) is 0 Å². The van der Waals surface area contributed by atoms with Gasteiger partial charge in [-0.3, -0.25) is 0 Å². The minimum absolute atomic E-state index is 0.0131. The van der Waals surface area contributed by atoms with Crippen LogP contribution in [0.25, 0.3) is 0 Å². The van der Waals surface area contributed by atoms with Crippen molar-refractivity contribution >= 4 is 11.6 Å². The molecule has 0 aliphatic carbocycles. The number of alkyl halides is 3. The van der Waals surface area contributed by atoms with Gasteiger partial charge >= 0.3 is 6.18 Å². The number of hydrogen-bond donors (Lipinski definition) is 1. The third-order valence-corrected chi connectivity index (χ3v) is 2.32. The van der Waals surface area contributed by atoms with Crippen molar-refractivity contribution in [3.8, 4) is 5.75 Å². The lowest BCUT2D eigenvalue weighted by atomic mass is 10.2. The lowest BCUT2D eigenvalue weighted by Crippen LogP contribution is -2.31. The summed E-state index contributed by atoms with van der Waals surface area (Å²) in [7, 11) is 0. The molecule has 17 heavy (non-hydrogen) atoms. The number of aliphatic hydroxyl groups excluding tert-OH is 1. The van der Waals surface area contributed by atoms with E-state index in [1.54, 1.807) is 0 Å². The molecule has 1 atom stereocenters. The van der Waals surface area contributed by atoms with Gasteiger partial charge in [-0.2, -0.15) is 13.2 Å². The van der Waals surface area contributed by atoms with Gasteiger partial charge in [0, 0.05) is 6.07 Å². The third kappa shape index (κ3) is 4.05. The van der Waals surface area contributed by atoms with Crippen molar-refractivity contribution in [2.75, 3.05) is 13.2 Å². The maximum absolute atomic E-state index is 12.7. The van der Waals surface area contributed by atoms with Crippen molar-refractivity contribution in [3.05, 3.63) is 29.0 Å². The molecule has 0 radical (unpaired) electrons. The molecule has 1 N–H and O–H groups in total. The van der Waals surface area contributed by atoms with E-state index in [1.165, 1.54) is 0 Å². The van der Waals surface area contributed by atoms with Crippen molar-refractivity contribution in [3.63, 3.8) is 0 Å². The number of hydrogen-bond acceptors (Lipinski definition) is 2. The molecule has 0 fully saturated rings. The second-order valence-electron chi connectivity index (χ2n) is 3.31. The van der Waals surface area contributed by atoms with Gasteiger partial charge < -0.3 is 9.84 Å². The largest absolute Gasteiger partial charge is 0.493 e. The molecule has 0 heterocycles. The zero-order chi connectivity index (χ0) is 13.1. The number of halogens is 5. The molecule has 0 spiro atoms. The van der Waals surface area contributed by atoms with Gasteiger partial charge in [0.25, 0.3) is 0 Å². The number of rotatable bonds is 4.